The Hall–Kier alpha value is -2.06. The lowest BCUT2D eigenvalue weighted by atomic mass is 10.3. The smallest absolute Gasteiger partial charge is 0.263 e. The Bertz CT molecular complexity index is 913. The van der Waals surface area contributed by atoms with Gasteiger partial charge in [0.2, 0.25) is 5.91 Å². The molecular formula is C16H17N3O3S2. The van der Waals surface area contributed by atoms with Crippen LogP contribution in [0.5, 0.6) is 0 Å². The third kappa shape index (κ3) is 3.39. The number of thiophene rings is 1. The van der Waals surface area contributed by atoms with Crippen molar-refractivity contribution in [1.82, 2.24) is 14.9 Å². The van der Waals surface area contributed by atoms with E-state index in [0.717, 1.165) is 16.1 Å². The number of nitrogens with zero attached hydrogens (tertiary/aromatic N) is 2. The summed E-state index contributed by atoms with van der Waals surface area (Å²) >= 11 is 2.89. The molecule has 0 bridgehead atoms. The highest BCUT2D eigenvalue weighted by molar-refractivity contribution is 7.98. The standard InChI is InChI=1S/C16H17N3O3S2/c1-3-11-7-12-14(24-11)18-16(23-2)19(15(12)21)9-13(20)17-8-10-5-4-6-22-10/h4-7H,3,8-9H2,1-2H3,(H,17,20). The zero-order chi connectivity index (χ0) is 17.1. The summed E-state index contributed by atoms with van der Waals surface area (Å²) < 4.78 is 6.60. The van der Waals surface area contributed by atoms with Gasteiger partial charge in [-0.05, 0) is 30.9 Å². The topological polar surface area (TPSA) is 77.1 Å². The third-order valence-corrected chi connectivity index (χ3v) is 5.39. The van der Waals surface area contributed by atoms with E-state index < -0.39 is 0 Å². The Balaban J connectivity index is 1.85. The lowest BCUT2D eigenvalue weighted by Crippen LogP contribution is -2.33. The van der Waals surface area contributed by atoms with E-state index in [0.29, 0.717) is 22.8 Å². The Morgan fingerprint density at radius 3 is 3.00 bits per heavy atom. The molecule has 0 spiro atoms. The number of nitrogens with one attached hydrogen (secondary N) is 1. The lowest BCUT2D eigenvalue weighted by molar-refractivity contribution is -0.122. The van der Waals surface area contributed by atoms with Crippen LogP contribution in [0.2, 0.25) is 0 Å². The van der Waals surface area contributed by atoms with E-state index in [1.54, 1.807) is 18.4 Å². The highest BCUT2D eigenvalue weighted by Gasteiger charge is 2.15. The minimum absolute atomic E-state index is 0.0596. The molecule has 126 valence electrons. The van der Waals surface area contributed by atoms with Gasteiger partial charge >= 0.3 is 0 Å². The summed E-state index contributed by atoms with van der Waals surface area (Å²) in [6, 6.07) is 5.42. The molecule has 0 saturated carbocycles. The van der Waals surface area contributed by atoms with Crippen molar-refractivity contribution in [1.29, 1.82) is 0 Å². The summed E-state index contributed by atoms with van der Waals surface area (Å²) in [6.45, 7) is 2.28. The van der Waals surface area contributed by atoms with E-state index >= 15 is 0 Å². The van der Waals surface area contributed by atoms with Gasteiger partial charge in [0, 0.05) is 4.88 Å². The van der Waals surface area contributed by atoms with Gasteiger partial charge in [0.05, 0.1) is 18.2 Å². The second kappa shape index (κ2) is 7.23. The Kier molecular flexibility index (Phi) is 5.06. The summed E-state index contributed by atoms with van der Waals surface area (Å²) in [7, 11) is 0. The first kappa shape index (κ1) is 16.8. The highest BCUT2D eigenvalue weighted by Crippen LogP contribution is 2.24. The zero-order valence-corrected chi connectivity index (χ0v) is 15.0. The number of carbonyl (C=O) groups excluding carboxylic acids is 1. The molecule has 3 aromatic heterocycles. The molecule has 0 radical (unpaired) electrons. The molecule has 0 aliphatic rings. The molecule has 0 aromatic carbocycles. The predicted octanol–water partition coefficient (Wildman–Crippen LogP) is 2.65. The third-order valence-electron chi connectivity index (χ3n) is 3.54. The number of aryl methyl sites for hydroxylation is 1. The van der Waals surface area contributed by atoms with Gasteiger partial charge in [0.25, 0.3) is 5.56 Å². The van der Waals surface area contributed by atoms with E-state index in [9.17, 15) is 9.59 Å². The molecule has 1 N–H and O–H groups in total. The minimum atomic E-state index is -0.254. The number of rotatable bonds is 6. The number of hydrogen-bond acceptors (Lipinski definition) is 6. The summed E-state index contributed by atoms with van der Waals surface area (Å²) in [4.78, 5) is 31.3. The van der Waals surface area contributed by atoms with Gasteiger partial charge in [-0.25, -0.2) is 4.98 Å². The largest absolute Gasteiger partial charge is 0.467 e. The van der Waals surface area contributed by atoms with Crippen molar-refractivity contribution in [3.8, 4) is 0 Å². The normalized spacial score (nSPS) is 11.1. The van der Waals surface area contributed by atoms with E-state index in [1.807, 2.05) is 19.2 Å². The second-order valence-corrected chi connectivity index (χ2v) is 7.02. The van der Waals surface area contributed by atoms with Gasteiger partial charge in [-0.2, -0.15) is 0 Å². The molecule has 0 atom stereocenters. The van der Waals surface area contributed by atoms with Crippen LogP contribution in [0, 0.1) is 0 Å². The molecule has 8 heteroatoms. The van der Waals surface area contributed by atoms with E-state index in [4.69, 9.17) is 4.42 Å². The van der Waals surface area contributed by atoms with Crippen molar-refractivity contribution >= 4 is 39.2 Å². The van der Waals surface area contributed by atoms with Crippen LogP contribution in [0.15, 0.2) is 38.8 Å². The van der Waals surface area contributed by atoms with E-state index in [1.165, 1.54) is 27.7 Å². The van der Waals surface area contributed by atoms with Crippen molar-refractivity contribution in [2.45, 2.75) is 31.6 Å². The van der Waals surface area contributed by atoms with Crippen LogP contribution in [-0.4, -0.2) is 21.7 Å². The van der Waals surface area contributed by atoms with Crippen LogP contribution in [0.25, 0.3) is 10.2 Å². The summed E-state index contributed by atoms with van der Waals surface area (Å²) in [6.07, 6.45) is 4.26. The van der Waals surface area contributed by atoms with Crippen LogP contribution in [-0.2, 0) is 24.3 Å². The zero-order valence-electron chi connectivity index (χ0n) is 13.4. The first-order valence-electron chi connectivity index (χ1n) is 7.48. The van der Waals surface area contributed by atoms with Gasteiger partial charge < -0.3 is 9.73 Å². The molecule has 3 rings (SSSR count). The quantitative estimate of drug-likeness (QED) is 0.538. The number of aromatic nitrogens is 2. The number of amides is 1. The molecule has 0 aliphatic carbocycles. The maximum absolute atomic E-state index is 12.7. The monoisotopic (exact) mass is 363 g/mol. The molecule has 1 amide bonds. The van der Waals surface area contributed by atoms with Crippen molar-refractivity contribution in [2.75, 3.05) is 6.26 Å². The van der Waals surface area contributed by atoms with Crippen LogP contribution >= 0.6 is 23.1 Å². The van der Waals surface area contributed by atoms with Gasteiger partial charge in [-0.15, -0.1) is 11.3 Å². The maximum atomic E-state index is 12.7. The molecule has 0 unspecified atom stereocenters. The SMILES string of the molecule is CCc1cc2c(=O)n(CC(=O)NCc3ccco3)c(SC)nc2s1. The highest BCUT2D eigenvalue weighted by atomic mass is 32.2. The summed E-state index contributed by atoms with van der Waals surface area (Å²) in [5.41, 5.74) is -0.173. The van der Waals surface area contributed by atoms with Gasteiger partial charge in [-0.3, -0.25) is 14.2 Å². The average Bonchev–Trinajstić information content (AvgIpc) is 3.24. The van der Waals surface area contributed by atoms with Crippen LogP contribution in [0.3, 0.4) is 0 Å². The van der Waals surface area contributed by atoms with Crippen LogP contribution in [0.4, 0.5) is 0 Å². The van der Waals surface area contributed by atoms with E-state index in [2.05, 4.69) is 10.3 Å². The Labute approximate surface area is 146 Å². The second-order valence-electron chi connectivity index (χ2n) is 5.13. The van der Waals surface area contributed by atoms with Crippen LogP contribution < -0.4 is 10.9 Å². The fourth-order valence-electron chi connectivity index (χ4n) is 2.31. The Morgan fingerprint density at radius 2 is 2.33 bits per heavy atom. The molecule has 24 heavy (non-hydrogen) atoms. The summed E-state index contributed by atoms with van der Waals surface area (Å²) in [5, 5.41) is 3.87. The summed E-state index contributed by atoms with van der Waals surface area (Å²) in [5.74, 6) is 0.413. The molecule has 0 saturated heterocycles. The molecule has 3 heterocycles. The molecule has 0 fully saturated rings. The first-order chi connectivity index (χ1) is 11.6. The fourth-order valence-corrected chi connectivity index (χ4v) is 3.88. The number of fused-ring (bicyclic) bond motifs is 1. The van der Waals surface area contributed by atoms with Crippen molar-refractivity contribution in [3.05, 3.63) is 45.5 Å². The fraction of sp³-hybridized carbons (Fsp3) is 0.312. The number of thioether (sulfide) groups is 1. The molecular weight excluding hydrogens is 346 g/mol. The number of hydrogen-bond donors (Lipinski definition) is 1. The molecule has 0 aliphatic heterocycles. The predicted molar refractivity (Wildman–Crippen MR) is 95.6 cm³/mol. The minimum Gasteiger partial charge on any atom is -0.467 e. The first-order valence-corrected chi connectivity index (χ1v) is 9.52. The van der Waals surface area contributed by atoms with Crippen molar-refractivity contribution in [3.63, 3.8) is 0 Å². The molecule has 6 nitrogen and oxygen atoms in total. The van der Waals surface area contributed by atoms with Crippen molar-refractivity contribution < 1.29 is 9.21 Å². The molecule has 3 aromatic rings. The van der Waals surface area contributed by atoms with Gasteiger partial charge in [-0.1, -0.05) is 18.7 Å². The maximum Gasteiger partial charge on any atom is 0.263 e. The van der Waals surface area contributed by atoms with Crippen molar-refractivity contribution in [2.24, 2.45) is 0 Å². The number of furan rings is 1. The average molecular weight is 363 g/mol. The van der Waals surface area contributed by atoms with Gasteiger partial charge in [0.15, 0.2) is 5.16 Å². The van der Waals surface area contributed by atoms with Crippen LogP contribution in [0.1, 0.15) is 17.6 Å². The Morgan fingerprint density at radius 1 is 1.50 bits per heavy atom. The van der Waals surface area contributed by atoms with Gasteiger partial charge in [0.1, 0.15) is 17.1 Å². The van der Waals surface area contributed by atoms with E-state index in [-0.39, 0.29) is 18.0 Å². The number of carbonyl (C=O) groups is 1. The lowest BCUT2D eigenvalue weighted by Gasteiger charge is -2.10.